The molecule has 0 aromatic rings. The quantitative estimate of drug-likeness (QED) is 0.557. The fourth-order valence-electron chi connectivity index (χ4n) is 3.97. The molecule has 0 N–H and O–H groups in total. The Hall–Kier alpha value is -0.260. The molecule has 0 saturated heterocycles. The van der Waals surface area contributed by atoms with Crippen LogP contribution in [0.1, 0.15) is 71.6 Å². The molecule has 0 aromatic carbocycles. The Labute approximate surface area is 108 Å². The van der Waals surface area contributed by atoms with Crippen molar-refractivity contribution >= 4 is 0 Å². The fraction of sp³-hybridized carbons (Fsp3) is 0.882. The molecule has 2 rings (SSSR count). The van der Waals surface area contributed by atoms with Crippen molar-refractivity contribution in [1.82, 2.24) is 0 Å². The lowest BCUT2D eigenvalue weighted by Gasteiger charge is -2.32. The zero-order valence-corrected chi connectivity index (χ0v) is 11.8. The smallest absolute Gasteiger partial charge is 0.0208 e. The van der Waals surface area contributed by atoms with Crippen LogP contribution in [0, 0.1) is 23.7 Å². The first-order chi connectivity index (χ1) is 8.27. The molecular formula is C17H30. The van der Waals surface area contributed by atoms with Gasteiger partial charge in [-0.05, 0) is 49.4 Å². The highest BCUT2D eigenvalue weighted by Gasteiger charge is 2.24. The lowest BCUT2D eigenvalue weighted by molar-refractivity contribution is 0.209. The molecule has 0 heteroatoms. The van der Waals surface area contributed by atoms with Gasteiger partial charge in [-0.3, -0.25) is 0 Å². The average Bonchev–Trinajstić information content (AvgIpc) is 2.40. The minimum atomic E-state index is 0.884. The van der Waals surface area contributed by atoms with E-state index in [9.17, 15) is 0 Å². The average molecular weight is 234 g/mol. The van der Waals surface area contributed by atoms with Gasteiger partial charge in [-0.1, -0.05) is 58.1 Å². The molecule has 98 valence electrons. The van der Waals surface area contributed by atoms with Gasteiger partial charge in [-0.2, -0.15) is 0 Å². The molecular weight excluding hydrogens is 204 g/mol. The third-order valence-electron chi connectivity index (χ3n) is 5.22. The van der Waals surface area contributed by atoms with E-state index in [1.54, 1.807) is 0 Å². The summed E-state index contributed by atoms with van der Waals surface area (Å²) in [6.07, 6.45) is 18.0. The minimum Gasteiger partial charge on any atom is -0.0882 e. The standard InChI is InChI=1S/C17H30/c1-14(16-9-5-3-6-10-16)13-15(2)17-11-7-4-8-12-17/h5,9,14-17H,3-4,6-8,10-13H2,1-2H3/t14?,15-,16?/m1/s1. The zero-order chi connectivity index (χ0) is 12.1. The van der Waals surface area contributed by atoms with Gasteiger partial charge >= 0.3 is 0 Å². The summed E-state index contributed by atoms with van der Waals surface area (Å²) in [5.41, 5.74) is 0. The van der Waals surface area contributed by atoms with Crippen LogP contribution in [0.25, 0.3) is 0 Å². The Kier molecular flexibility index (Phi) is 5.13. The van der Waals surface area contributed by atoms with Gasteiger partial charge in [0.25, 0.3) is 0 Å². The maximum absolute atomic E-state index is 2.51. The van der Waals surface area contributed by atoms with E-state index in [0.717, 1.165) is 23.7 Å². The molecule has 0 aromatic heterocycles. The molecule has 0 bridgehead atoms. The normalized spacial score (nSPS) is 30.1. The predicted octanol–water partition coefficient (Wildman–Crippen LogP) is 5.59. The highest BCUT2D eigenvalue weighted by Crippen LogP contribution is 2.36. The molecule has 1 fully saturated rings. The molecule has 2 aliphatic rings. The molecule has 0 spiro atoms. The van der Waals surface area contributed by atoms with Gasteiger partial charge in [0.05, 0.1) is 0 Å². The van der Waals surface area contributed by atoms with Gasteiger partial charge in [0, 0.05) is 0 Å². The highest BCUT2D eigenvalue weighted by atomic mass is 14.3. The van der Waals surface area contributed by atoms with E-state index in [-0.39, 0.29) is 0 Å². The van der Waals surface area contributed by atoms with Crippen molar-refractivity contribution < 1.29 is 0 Å². The third kappa shape index (κ3) is 3.86. The van der Waals surface area contributed by atoms with Crippen LogP contribution < -0.4 is 0 Å². The highest BCUT2D eigenvalue weighted by molar-refractivity contribution is 4.95. The topological polar surface area (TPSA) is 0 Å². The van der Waals surface area contributed by atoms with E-state index in [1.807, 2.05) is 0 Å². The van der Waals surface area contributed by atoms with Crippen molar-refractivity contribution in [2.75, 3.05) is 0 Å². The second kappa shape index (κ2) is 6.61. The largest absolute Gasteiger partial charge is 0.0882 e. The number of hydrogen-bond donors (Lipinski definition) is 0. The van der Waals surface area contributed by atoms with Crippen LogP contribution in [0.3, 0.4) is 0 Å². The molecule has 0 nitrogen and oxygen atoms in total. The maximum Gasteiger partial charge on any atom is -0.0208 e. The van der Waals surface area contributed by atoms with Gasteiger partial charge in [-0.25, -0.2) is 0 Å². The van der Waals surface area contributed by atoms with Crippen LogP contribution in [0.5, 0.6) is 0 Å². The molecule has 0 amide bonds. The van der Waals surface area contributed by atoms with Crippen molar-refractivity contribution in [3.05, 3.63) is 12.2 Å². The molecule has 2 unspecified atom stereocenters. The van der Waals surface area contributed by atoms with Gasteiger partial charge in [0.15, 0.2) is 0 Å². The van der Waals surface area contributed by atoms with E-state index in [0.29, 0.717) is 0 Å². The van der Waals surface area contributed by atoms with Crippen LogP contribution in [-0.4, -0.2) is 0 Å². The van der Waals surface area contributed by atoms with Crippen LogP contribution >= 0.6 is 0 Å². The van der Waals surface area contributed by atoms with Crippen molar-refractivity contribution in [3.8, 4) is 0 Å². The van der Waals surface area contributed by atoms with Crippen molar-refractivity contribution in [2.24, 2.45) is 23.7 Å². The lowest BCUT2D eigenvalue weighted by Crippen LogP contribution is -2.21. The summed E-state index contributed by atoms with van der Waals surface area (Å²) in [5, 5.41) is 0. The van der Waals surface area contributed by atoms with Gasteiger partial charge in [0.2, 0.25) is 0 Å². The summed E-state index contributed by atoms with van der Waals surface area (Å²) >= 11 is 0. The van der Waals surface area contributed by atoms with E-state index >= 15 is 0 Å². The van der Waals surface area contributed by atoms with Crippen LogP contribution in [0.15, 0.2) is 12.2 Å². The second-order valence-electron chi connectivity index (χ2n) is 6.61. The van der Waals surface area contributed by atoms with Gasteiger partial charge in [0.1, 0.15) is 0 Å². The van der Waals surface area contributed by atoms with E-state index in [2.05, 4.69) is 26.0 Å². The van der Waals surface area contributed by atoms with Crippen LogP contribution in [0.2, 0.25) is 0 Å². The first-order valence-electron chi connectivity index (χ1n) is 7.94. The van der Waals surface area contributed by atoms with E-state index in [1.165, 1.54) is 57.8 Å². The third-order valence-corrected chi connectivity index (χ3v) is 5.22. The Morgan fingerprint density at radius 3 is 2.35 bits per heavy atom. The molecule has 0 aliphatic heterocycles. The monoisotopic (exact) mass is 234 g/mol. The first-order valence-corrected chi connectivity index (χ1v) is 7.94. The first kappa shape index (κ1) is 13.2. The van der Waals surface area contributed by atoms with Crippen molar-refractivity contribution in [2.45, 2.75) is 71.6 Å². The minimum absolute atomic E-state index is 0.884. The molecule has 17 heavy (non-hydrogen) atoms. The maximum atomic E-state index is 2.51. The zero-order valence-electron chi connectivity index (χ0n) is 11.8. The Morgan fingerprint density at radius 2 is 1.71 bits per heavy atom. The summed E-state index contributed by atoms with van der Waals surface area (Å²) in [5.74, 6) is 3.79. The molecule has 0 radical (unpaired) electrons. The van der Waals surface area contributed by atoms with Crippen molar-refractivity contribution in [3.63, 3.8) is 0 Å². The fourth-order valence-corrected chi connectivity index (χ4v) is 3.97. The summed E-state index contributed by atoms with van der Waals surface area (Å²) in [7, 11) is 0. The molecule has 0 heterocycles. The molecule has 3 atom stereocenters. The van der Waals surface area contributed by atoms with Crippen LogP contribution in [-0.2, 0) is 0 Å². The Morgan fingerprint density at radius 1 is 0.941 bits per heavy atom. The summed E-state index contributed by atoms with van der Waals surface area (Å²) in [6.45, 7) is 5.00. The molecule has 2 aliphatic carbocycles. The van der Waals surface area contributed by atoms with E-state index < -0.39 is 0 Å². The van der Waals surface area contributed by atoms with Gasteiger partial charge in [-0.15, -0.1) is 0 Å². The van der Waals surface area contributed by atoms with Crippen LogP contribution in [0.4, 0.5) is 0 Å². The summed E-state index contributed by atoms with van der Waals surface area (Å²) in [6, 6.07) is 0. The number of hydrogen-bond acceptors (Lipinski definition) is 0. The number of allylic oxidation sites excluding steroid dienone is 2. The lowest BCUT2D eigenvalue weighted by atomic mass is 9.74. The number of rotatable bonds is 4. The summed E-state index contributed by atoms with van der Waals surface area (Å²) < 4.78 is 0. The SMILES string of the molecule is CC(C[C@@H](C)C1CCCCC1)C1C=CCCC1. The van der Waals surface area contributed by atoms with Gasteiger partial charge < -0.3 is 0 Å². The summed E-state index contributed by atoms with van der Waals surface area (Å²) in [4.78, 5) is 0. The Bertz CT molecular complexity index is 234. The Balaban J connectivity index is 1.78. The second-order valence-corrected chi connectivity index (χ2v) is 6.61. The molecule has 1 saturated carbocycles. The predicted molar refractivity (Wildman–Crippen MR) is 76.0 cm³/mol. The van der Waals surface area contributed by atoms with E-state index in [4.69, 9.17) is 0 Å². The van der Waals surface area contributed by atoms with Crippen molar-refractivity contribution in [1.29, 1.82) is 0 Å².